The molecule has 0 aliphatic carbocycles. The van der Waals surface area contributed by atoms with E-state index in [-0.39, 0.29) is 0 Å². The molecule has 0 bridgehead atoms. The highest BCUT2D eigenvalue weighted by molar-refractivity contribution is 5.81. The fourth-order valence-corrected chi connectivity index (χ4v) is 1.86. The van der Waals surface area contributed by atoms with Crippen LogP contribution in [0.4, 0.5) is 0 Å². The van der Waals surface area contributed by atoms with Crippen LogP contribution >= 0.6 is 0 Å². The molecule has 0 aliphatic heterocycles. The molecule has 1 radical (unpaired) electrons. The number of aromatic nitrogens is 1. The van der Waals surface area contributed by atoms with Gasteiger partial charge in [-0.05, 0) is 24.5 Å². The quantitative estimate of drug-likeness (QED) is 0.681. The van der Waals surface area contributed by atoms with Crippen LogP contribution in [0.15, 0.2) is 36.5 Å². The van der Waals surface area contributed by atoms with Crippen LogP contribution in [0.2, 0.25) is 0 Å². The molecule has 1 heteroatoms. The van der Waals surface area contributed by atoms with Gasteiger partial charge in [-0.25, -0.2) is 0 Å². The van der Waals surface area contributed by atoms with Crippen LogP contribution in [0.1, 0.15) is 24.8 Å². The van der Waals surface area contributed by atoms with Crippen LogP contribution in [0.3, 0.4) is 0 Å². The molecular weight excluding hydrogens is 182 g/mol. The van der Waals surface area contributed by atoms with Crippen LogP contribution in [-0.2, 0) is 6.42 Å². The Kier molecular flexibility index (Phi) is 3.33. The molecule has 1 aromatic carbocycles. The van der Waals surface area contributed by atoms with Crippen LogP contribution < -0.4 is 0 Å². The highest BCUT2D eigenvalue weighted by Gasteiger charge is 2.00. The number of benzene rings is 1. The molecule has 0 aliphatic rings. The number of aryl methyl sites for hydroxylation is 1. The summed E-state index contributed by atoms with van der Waals surface area (Å²) in [5.41, 5.74) is 2.52. The van der Waals surface area contributed by atoms with Crippen molar-refractivity contribution in [1.82, 2.24) is 4.98 Å². The zero-order valence-electron chi connectivity index (χ0n) is 8.95. The maximum atomic E-state index is 4.44. The second-order valence-electron chi connectivity index (χ2n) is 3.80. The van der Waals surface area contributed by atoms with E-state index >= 15 is 0 Å². The topological polar surface area (TPSA) is 12.9 Å². The molecule has 1 aromatic heterocycles. The summed E-state index contributed by atoms with van der Waals surface area (Å²) in [6.07, 6.45) is 6.41. The molecule has 0 N–H and O–H groups in total. The zero-order chi connectivity index (χ0) is 10.5. The lowest BCUT2D eigenvalue weighted by atomic mass is 10.0. The van der Waals surface area contributed by atoms with Gasteiger partial charge >= 0.3 is 0 Å². The summed E-state index contributed by atoms with van der Waals surface area (Å²) in [4.78, 5) is 4.44. The van der Waals surface area contributed by atoms with Gasteiger partial charge in [-0.2, -0.15) is 0 Å². The van der Waals surface area contributed by atoms with Crippen molar-refractivity contribution in [1.29, 1.82) is 0 Å². The molecule has 0 atom stereocenters. The van der Waals surface area contributed by atoms with Crippen molar-refractivity contribution in [2.24, 2.45) is 0 Å². The zero-order valence-corrected chi connectivity index (χ0v) is 8.95. The molecule has 0 saturated carbocycles. The fourth-order valence-electron chi connectivity index (χ4n) is 1.86. The Morgan fingerprint density at radius 1 is 1.07 bits per heavy atom. The third-order valence-electron chi connectivity index (χ3n) is 2.66. The number of hydrogen-bond donors (Lipinski definition) is 0. The fraction of sp³-hybridized carbons (Fsp3) is 0.286. The van der Waals surface area contributed by atoms with Crippen LogP contribution in [0, 0.1) is 6.92 Å². The lowest BCUT2D eigenvalue weighted by Crippen LogP contribution is -1.89. The predicted molar refractivity (Wildman–Crippen MR) is 64.7 cm³/mol. The van der Waals surface area contributed by atoms with E-state index in [1.165, 1.54) is 23.8 Å². The van der Waals surface area contributed by atoms with Gasteiger partial charge in [-0.3, -0.25) is 4.98 Å². The van der Waals surface area contributed by atoms with Crippen molar-refractivity contribution in [3.63, 3.8) is 0 Å². The van der Waals surface area contributed by atoms with E-state index in [9.17, 15) is 0 Å². The summed E-state index contributed by atoms with van der Waals surface area (Å²) >= 11 is 0. The minimum Gasteiger partial charge on any atom is -0.256 e. The molecule has 15 heavy (non-hydrogen) atoms. The Hall–Kier alpha value is -1.37. The van der Waals surface area contributed by atoms with Gasteiger partial charge < -0.3 is 0 Å². The monoisotopic (exact) mass is 198 g/mol. The first-order valence-corrected chi connectivity index (χ1v) is 5.53. The first-order valence-electron chi connectivity index (χ1n) is 5.53. The molecule has 0 amide bonds. The third-order valence-corrected chi connectivity index (χ3v) is 2.66. The first kappa shape index (κ1) is 10.2. The molecule has 2 rings (SSSR count). The Bertz CT molecular complexity index is 429. The molecule has 1 heterocycles. The van der Waals surface area contributed by atoms with Gasteiger partial charge in [-0.15, -0.1) is 0 Å². The standard InChI is InChI=1S/C14H16N/c1-2-3-4-7-12-8-5-9-13-10-6-11-15-14(12)13/h5-6,8-11H,1-4,7H2. The number of rotatable bonds is 4. The Labute approximate surface area is 91.2 Å². The summed E-state index contributed by atoms with van der Waals surface area (Å²) in [7, 11) is 0. The van der Waals surface area contributed by atoms with Gasteiger partial charge in [0.15, 0.2) is 0 Å². The SMILES string of the molecule is [CH2]CCCCc1cccc2cccnc12. The average molecular weight is 198 g/mol. The molecule has 0 fully saturated rings. The lowest BCUT2D eigenvalue weighted by molar-refractivity contribution is 0.748. The molecular formula is C14H16N. The number of para-hydroxylation sites is 1. The molecule has 0 saturated heterocycles. The second kappa shape index (κ2) is 4.92. The number of fused-ring (bicyclic) bond motifs is 1. The highest BCUT2D eigenvalue weighted by atomic mass is 14.6. The molecule has 1 nitrogen and oxygen atoms in total. The van der Waals surface area contributed by atoms with E-state index in [0.29, 0.717) is 0 Å². The molecule has 77 valence electrons. The van der Waals surface area contributed by atoms with E-state index in [1.807, 2.05) is 12.3 Å². The smallest absolute Gasteiger partial charge is 0.0733 e. The Morgan fingerprint density at radius 3 is 2.80 bits per heavy atom. The van der Waals surface area contributed by atoms with Gasteiger partial charge in [0.1, 0.15) is 0 Å². The number of pyridine rings is 1. The van der Waals surface area contributed by atoms with E-state index in [0.717, 1.165) is 18.4 Å². The van der Waals surface area contributed by atoms with Crippen LogP contribution in [0.5, 0.6) is 0 Å². The summed E-state index contributed by atoms with van der Waals surface area (Å²) in [6.45, 7) is 3.86. The van der Waals surface area contributed by atoms with Crippen LogP contribution in [0.25, 0.3) is 10.9 Å². The number of unbranched alkanes of at least 4 members (excludes halogenated alkanes) is 2. The van der Waals surface area contributed by atoms with E-state index in [1.54, 1.807) is 0 Å². The third kappa shape index (κ3) is 2.35. The van der Waals surface area contributed by atoms with Crippen molar-refractivity contribution in [2.45, 2.75) is 25.7 Å². The Balaban J connectivity index is 2.26. The number of hydrogen-bond acceptors (Lipinski definition) is 1. The molecule has 0 unspecified atom stereocenters. The summed E-state index contributed by atoms with van der Waals surface area (Å²) in [5, 5.41) is 1.24. The van der Waals surface area contributed by atoms with Gasteiger partial charge in [0.05, 0.1) is 5.52 Å². The summed E-state index contributed by atoms with van der Waals surface area (Å²) < 4.78 is 0. The van der Waals surface area contributed by atoms with Crippen molar-refractivity contribution in [2.75, 3.05) is 0 Å². The average Bonchev–Trinajstić information content (AvgIpc) is 2.30. The normalized spacial score (nSPS) is 10.7. The van der Waals surface area contributed by atoms with Gasteiger partial charge in [-0.1, -0.05) is 44.0 Å². The molecule has 2 aromatic rings. The van der Waals surface area contributed by atoms with Crippen LogP contribution in [-0.4, -0.2) is 4.98 Å². The first-order chi connectivity index (χ1) is 7.42. The van der Waals surface area contributed by atoms with E-state index < -0.39 is 0 Å². The van der Waals surface area contributed by atoms with Gasteiger partial charge in [0.25, 0.3) is 0 Å². The minimum absolute atomic E-state index is 1.03. The van der Waals surface area contributed by atoms with E-state index in [2.05, 4.69) is 36.2 Å². The summed E-state index contributed by atoms with van der Waals surface area (Å²) in [6, 6.07) is 10.5. The highest BCUT2D eigenvalue weighted by Crippen LogP contribution is 2.17. The predicted octanol–water partition coefficient (Wildman–Crippen LogP) is 3.78. The minimum atomic E-state index is 1.03. The van der Waals surface area contributed by atoms with Crippen molar-refractivity contribution >= 4 is 10.9 Å². The Morgan fingerprint density at radius 2 is 1.93 bits per heavy atom. The molecule has 0 spiro atoms. The lowest BCUT2D eigenvalue weighted by Gasteiger charge is -2.04. The van der Waals surface area contributed by atoms with Crippen molar-refractivity contribution < 1.29 is 0 Å². The van der Waals surface area contributed by atoms with Crippen molar-refractivity contribution in [3.8, 4) is 0 Å². The summed E-state index contributed by atoms with van der Waals surface area (Å²) in [5.74, 6) is 0. The van der Waals surface area contributed by atoms with E-state index in [4.69, 9.17) is 0 Å². The maximum Gasteiger partial charge on any atom is 0.0733 e. The van der Waals surface area contributed by atoms with Crippen molar-refractivity contribution in [3.05, 3.63) is 49.0 Å². The van der Waals surface area contributed by atoms with Gasteiger partial charge in [0, 0.05) is 11.6 Å². The van der Waals surface area contributed by atoms with Gasteiger partial charge in [0.2, 0.25) is 0 Å². The maximum absolute atomic E-state index is 4.44. The number of nitrogens with zero attached hydrogens (tertiary/aromatic N) is 1. The largest absolute Gasteiger partial charge is 0.256 e. The second-order valence-corrected chi connectivity index (χ2v) is 3.80.